The highest BCUT2D eigenvalue weighted by atomic mass is 16.7. The van der Waals surface area contributed by atoms with E-state index in [4.69, 9.17) is 15.2 Å². The second-order valence-electron chi connectivity index (χ2n) is 5.43. The minimum atomic E-state index is -0.200. The molecular weight excluding hydrogens is 216 g/mol. The van der Waals surface area contributed by atoms with Gasteiger partial charge in [0.1, 0.15) is 0 Å². The van der Waals surface area contributed by atoms with Gasteiger partial charge in [-0.3, -0.25) is 0 Å². The number of hydrogen-bond acceptors (Lipinski definition) is 4. The van der Waals surface area contributed by atoms with Crippen molar-refractivity contribution >= 4 is 0 Å². The van der Waals surface area contributed by atoms with E-state index in [1.165, 1.54) is 19.3 Å². The quantitative estimate of drug-likeness (QED) is 0.762. The second kappa shape index (κ2) is 6.14. The number of hydrogen-bond donors (Lipinski definition) is 2. The maximum Gasteiger partial charge on any atom is 0.168 e. The third-order valence-electron chi connectivity index (χ3n) is 4.08. The molecule has 2 fully saturated rings. The van der Waals surface area contributed by atoms with Crippen LogP contribution in [-0.4, -0.2) is 38.1 Å². The van der Waals surface area contributed by atoms with Gasteiger partial charge in [0.15, 0.2) is 5.79 Å². The van der Waals surface area contributed by atoms with E-state index in [0.717, 1.165) is 45.1 Å². The molecule has 1 saturated carbocycles. The predicted octanol–water partition coefficient (Wildman–Crippen LogP) is 1.25. The highest BCUT2D eigenvalue weighted by Gasteiger charge is 2.39. The molecule has 0 unspecified atom stereocenters. The standard InChI is InChI=1S/C13H26N2O2/c1-11(10-14)15-7-4-12-2-5-13(6-3-12)16-8-9-17-13/h11-12,15H,2-10,14H2,1H3/t11-/m1/s1. The van der Waals surface area contributed by atoms with Crippen molar-refractivity contribution in [2.24, 2.45) is 11.7 Å². The Hall–Kier alpha value is -0.160. The molecule has 4 nitrogen and oxygen atoms in total. The molecule has 1 atom stereocenters. The molecular formula is C13H26N2O2. The van der Waals surface area contributed by atoms with Crippen LogP contribution in [0.4, 0.5) is 0 Å². The second-order valence-corrected chi connectivity index (χ2v) is 5.43. The van der Waals surface area contributed by atoms with Gasteiger partial charge in [0.2, 0.25) is 0 Å². The van der Waals surface area contributed by atoms with Gasteiger partial charge < -0.3 is 20.5 Å². The van der Waals surface area contributed by atoms with Crippen LogP contribution in [0.1, 0.15) is 39.0 Å². The van der Waals surface area contributed by atoms with Crippen LogP contribution in [0.5, 0.6) is 0 Å². The Labute approximate surface area is 104 Å². The molecule has 0 aromatic rings. The van der Waals surface area contributed by atoms with E-state index < -0.39 is 0 Å². The van der Waals surface area contributed by atoms with E-state index in [0.29, 0.717) is 6.04 Å². The van der Waals surface area contributed by atoms with Crippen molar-refractivity contribution in [2.75, 3.05) is 26.3 Å². The zero-order chi connectivity index (χ0) is 12.1. The Kier molecular flexibility index (Phi) is 4.79. The minimum absolute atomic E-state index is 0.200. The fraction of sp³-hybridized carbons (Fsp3) is 1.00. The van der Waals surface area contributed by atoms with Crippen LogP contribution in [-0.2, 0) is 9.47 Å². The first-order valence-electron chi connectivity index (χ1n) is 6.95. The van der Waals surface area contributed by atoms with Crippen LogP contribution >= 0.6 is 0 Å². The Bertz CT molecular complexity index is 219. The maximum atomic E-state index is 5.74. The van der Waals surface area contributed by atoms with Gasteiger partial charge in [0, 0.05) is 25.4 Å². The van der Waals surface area contributed by atoms with E-state index in [9.17, 15) is 0 Å². The normalized spacial score (nSPS) is 26.5. The Morgan fingerprint density at radius 2 is 1.94 bits per heavy atom. The third-order valence-corrected chi connectivity index (χ3v) is 4.08. The lowest BCUT2D eigenvalue weighted by molar-refractivity contribution is -0.182. The summed E-state index contributed by atoms with van der Waals surface area (Å²) >= 11 is 0. The van der Waals surface area contributed by atoms with Crippen LogP contribution in [0, 0.1) is 5.92 Å². The largest absolute Gasteiger partial charge is 0.348 e. The SMILES string of the molecule is C[C@H](CN)NCCC1CCC2(CC1)OCCO2. The smallest absolute Gasteiger partial charge is 0.168 e. The predicted molar refractivity (Wildman–Crippen MR) is 67.7 cm³/mol. The number of rotatable bonds is 5. The van der Waals surface area contributed by atoms with Crippen molar-refractivity contribution < 1.29 is 9.47 Å². The van der Waals surface area contributed by atoms with Gasteiger partial charge >= 0.3 is 0 Å². The minimum Gasteiger partial charge on any atom is -0.348 e. The van der Waals surface area contributed by atoms with Crippen LogP contribution in [0.3, 0.4) is 0 Å². The molecule has 0 bridgehead atoms. The molecule has 2 aliphatic rings. The molecule has 0 aromatic heterocycles. The van der Waals surface area contributed by atoms with Crippen molar-refractivity contribution in [1.82, 2.24) is 5.32 Å². The molecule has 1 spiro atoms. The molecule has 17 heavy (non-hydrogen) atoms. The highest BCUT2D eigenvalue weighted by Crippen LogP contribution is 2.39. The van der Waals surface area contributed by atoms with E-state index in [-0.39, 0.29) is 5.79 Å². The van der Waals surface area contributed by atoms with Gasteiger partial charge in [-0.15, -0.1) is 0 Å². The fourth-order valence-electron chi connectivity index (χ4n) is 2.81. The molecule has 1 heterocycles. The Balaban J connectivity index is 1.62. The van der Waals surface area contributed by atoms with Gasteiger partial charge in [-0.05, 0) is 38.6 Å². The molecule has 4 heteroatoms. The van der Waals surface area contributed by atoms with Crippen molar-refractivity contribution in [3.63, 3.8) is 0 Å². The lowest BCUT2D eigenvalue weighted by Crippen LogP contribution is -2.37. The molecule has 3 N–H and O–H groups in total. The molecule has 1 aliphatic carbocycles. The Morgan fingerprint density at radius 3 is 2.53 bits per heavy atom. The van der Waals surface area contributed by atoms with Gasteiger partial charge in [-0.2, -0.15) is 0 Å². The van der Waals surface area contributed by atoms with E-state index in [2.05, 4.69) is 12.2 Å². The molecule has 0 amide bonds. The molecule has 0 radical (unpaired) electrons. The van der Waals surface area contributed by atoms with Crippen LogP contribution < -0.4 is 11.1 Å². The molecule has 100 valence electrons. The Morgan fingerprint density at radius 1 is 1.29 bits per heavy atom. The highest BCUT2D eigenvalue weighted by molar-refractivity contribution is 4.82. The first kappa shape index (κ1) is 13.3. The van der Waals surface area contributed by atoms with Crippen molar-refractivity contribution in [3.8, 4) is 0 Å². The first-order chi connectivity index (χ1) is 8.24. The lowest BCUT2D eigenvalue weighted by Gasteiger charge is -2.35. The zero-order valence-electron chi connectivity index (χ0n) is 10.9. The summed E-state index contributed by atoms with van der Waals surface area (Å²) in [5.74, 6) is 0.625. The monoisotopic (exact) mass is 242 g/mol. The van der Waals surface area contributed by atoms with Crippen LogP contribution in [0.2, 0.25) is 0 Å². The average molecular weight is 242 g/mol. The summed E-state index contributed by atoms with van der Waals surface area (Å²) in [5.41, 5.74) is 5.57. The van der Waals surface area contributed by atoms with Gasteiger partial charge in [-0.1, -0.05) is 0 Å². The summed E-state index contributed by atoms with van der Waals surface area (Å²) in [6, 6.07) is 0.437. The summed E-state index contributed by atoms with van der Waals surface area (Å²) in [4.78, 5) is 0. The molecule has 0 aromatic carbocycles. The summed E-state index contributed by atoms with van der Waals surface area (Å²) < 4.78 is 11.5. The number of ether oxygens (including phenoxy) is 2. The van der Waals surface area contributed by atoms with E-state index in [1.54, 1.807) is 0 Å². The zero-order valence-corrected chi connectivity index (χ0v) is 10.9. The summed E-state index contributed by atoms with van der Waals surface area (Å²) in [7, 11) is 0. The molecule has 1 saturated heterocycles. The summed E-state index contributed by atoms with van der Waals surface area (Å²) in [5, 5.41) is 3.45. The topological polar surface area (TPSA) is 56.5 Å². The summed E-state index contributed by atoms with van der Waals surface area (Å²) in [6.07, 6.45) is 5.87. The average Bonchev–Trinajstić information content (AvgIpc) is 2.80. The van der Waals surface area contributed by atoms with Gasteiger partial charge in [0.05, 0.1) is 13.2 Å². The molecule has 1 aliphatic heterocycles. The van der Waals surface area contributed by atoms with Crippen molar-refractivity contribution in [2.45, 2.75) is 50.9 Å². The number of nitrogens with two attached hydrogens (primary N) is 1. The third kappa shape index (κ3) is 3.65. The van der Waals surface area contributed by atoms with E-state index >= 15 is 0 Å². The lowest BCUT2D eigenvalue weighted by atomic mass is 9.83. The van der Waals surface area contributed by atoms with E-state index in [1.807, 2.05) is 0 Å². The van der Waals surface area contributed by atoms with Crippen LogP contribution in [0.15, 0.2) is 0 Å². The molecule has 2 rings (SSSR count). The summed E-state index contributed by atoms with van der Waals surface area (Å²) in [6.45, 7) is 5.49. The first-order valence-corrected chi connectivity index (χ1v) is 6.95. The maximum absolute atomic E-state index is 5.74. The van der Waals surface area contributed by atoms with Gasteiger partial charge in [0.25, 0.3) is 0 Å². The van der Waals surface area contributed by atoms with Crippen LogP contribution in [0.25, 0.3) is 0 Å². The van der Waals surface area contributed by atoms with Crippen molar-refractivity contribution in [1.29, 1.82) is 0 Å². The van der Waals surface area contributed by atoms with Crippen molar-refractivity contribution in [3.05, 3.63) is 0 Å². The number of nitrogens with one attached hydrogen (secondary N) is 1. The fourth-order valence-corrected chi connectivity index (χ4v) is 2.81. The van der Waals surface area contributed by atoms with Gasteiger partial charge in [-0.25, -0.2) is 0 Å².